The molecule has 1 aromatic carbocycles. The van der Waals surface area contributed by atoms with E-state index in [1.54, 1.807) is 18.0 Å². The molecule has 0 aliphatic carbocycles. The van der Waals surface area contributed by atoms with Gasteiger partial charge in [0.1, 0.15) is 22.6 Å². The predicted molar refractivity (Wildman–Crippen MR) is 121 cm³/mol. The van der Waals surface area contributed by atoms with Gasteiger partial charge in [-0.25, -0.2) is 9.55 Å². The maximum absolute atomic E-state index is 13.1. The molecule has 0 atom stereocenters. The summed E-state index contributed by atoms with van der Waals surface area (Å²) in [6, 6.07) is 5.25. The monoisotopic (exact) mass is 482 g/mol. The first-order valence-electron chi connectivity index (χ1n) is 10.4. The van der Waals surface area contributed by atoms with Crippen LogP contribution in [-0.2, 0) is 21.5 Å². The minimum atomic E-state index is -4.43. The first kappa shape index (κ1) is 24.9. The predicted octanol–water partition coefficient (Wildman–Crippen LogP) is 5.14. The van der Waals surface area contributed by atoms with Gasteiger partial charge in [0.25, 0.3) is 0 Å². The molecule has 0 saturated carbocycles. The quantitative estimate of drug-likeness (QED) is 0.356. The van der Waals surface area contributed by atoms with Crippen LogP contribution < -0.4 is 9.30 Å². The number of H-pyrrole nitrogens is 1. The molecular weight excluding hydrogens is 455 g/mol. The molecule has 0 fully saturated rings. The Morgan fingerprint density at radius 2 is 1.97 bits per heavy atom. The number of aromatic nitrogens is 3. The number of imidazole rings is 1. The highest BCUT2D eigenvalue weighted by molar-refractivity contribution is 7.98. The summed E-state index contributed by atoms with van der Waals surface area (Å²) < 4.78 is 52.2. The van der Waals surface area contributed by atoms with Crippen molar-refractivity contribution in [3.05, 3.63) is 47.3 Å². The van der Waals surface area contributed by atoms with Crippen molar-refractivity contribution in [1.82, 2.24) is 9.97 Å². The Morgan fingerprint density at radius 3 is 2.61 bits per heavy atom. The summed E-state index contributed by atoms with van der Waals surface area (Å²) in [5.74, 6) is 1.89. The van der Waals surface area contributed by atoms with Crippen molar-refractivity contribution in [3.8, 4) is 11.7 Å². The number of carbonyl (C=O) groups is 1. The topological polar surface area (TPSA) is 68.1 Å². The highest BCUT2D eigenvalue weighted by Crippen LogP contribution is 2.31. The van der Waals surface area contributed by atoms with Crippen LogP contribution in [0.2, 0.25) is 0 Å². The van der Waals surface area contributed by atoms with E-state index in [1.165, 1.54) is 13.0 Å². The average Bonchev–Trinajstić information content (AvgIpc) is 3.12. The largest absolute Gasteiger partial charge is 0.493 e. The number of hydrogen-bond acceptors (Lipinski definition) is 5. The molecule has 1 N–H and O–H groups in total. The Morgan fingerprint density at radius 1 is 1.24 bits per heavy atom. The van der Waals surface area contributed by atoms with E-state index < -0.39 is 17.3 Å². The van der Waals surface area contributed by atoms with Gasteiger partial charge in [-0.1, -0.05) is 4.98 Å². The summed E-state index contributed by atoms with van der Waals surface area (Å²) in [6.45, 7) is 9.39. The van der Waals surface area contributed by atoms with Crippen molar-refractivity contribution in [3.63, 3.8) is 0 Å². The number of nitrogens with one attached hydrogen (secondary N) is 1. The third-order valence-electron chi connectivity index (χ3n) is 4.90. The molecule has 2 heterocycles. The van der Waals surface area contributed by atoms with Gasteiger partial charge in [-0.2, -0.15) is 13.2 Å². The van der Waals surface area contributed by atoms with Crippen LogP contribution >= 0.6 is 11.8 Å². The Kier molecular flexibility index (Phi) is 7.26. The molecule has 6 nitrogen and oxygen atoms in total. The minimum absolute atomic E-state index is 0.299. The van der Waals surface area contributed by atoms with Crippen LogP contribution in [0.4, 0.5) is 13.2 Å². The maximum Gasteiger partial charge on any atom is 0.416 e. The Balaban J connectivity index is 1.97. The molecule has 0 bridgehead atoms. The molecule has 0 amide bonds. The lowest BCUT2D eigenvalue weighted by Gasteiger charge is -2.24. The fourth-order valence-electron chi connectivity index (χ4n) is 3.47. The lowest BCUT2D eigenvalue weighted by molar-refractivity contribution is -0.610. The van der Waals surface area contributed by atoms with Crippen LogP contribution in [0.3, 0.4) is 0 Å². The molecule has 0 radical (unpaired) electrons. The van der Waals surface area contributed by atoms with E-state index in [0.717, 1.165) is 29.1 Å². The highest BCUT2D eigenvalue weighted by atomic mass is 32.2. The van der Waals surface area contributed by atoms with E-state index in [9.17, 15) is 18.0 Å². The number of aromatic amines is 1. The first-order chi connectivity index (χ1) is 15.4. The van der Waals surface area contributed by atoms with Crippen molar-refractivity contribution in [1.29, 1.82) is 0 Å². The third-order valence-corrected chi connectivity index (χ3v) is 6.28. The number of halogens is 3. The molecule has 0 aliphatic rings. The van der Waals surface area contributed by atoms with E-state index in [4.69, 9.17) is 9.47 Å². The molecule has 0 saturated heterocycles. The number of thioether (sulfide) groups is 1. The normalized spacial score (nSPS) is 12.2. The number of carbonyl (C=O) groups excluding carboxylic acids is 1. The average molecular weight is 483 g/mol. The number of rotatable bonds is 8. The number of hydrogen-bond donors (Lipinski definition) is 1. The van der Waals surface area contributed by atoms with Gasteiger partial charge in [0, 0.05) is 30.1 Å². The van der Waals surface area contributed by atoms with Crippen LogP contribution in [0.15, 0.2) is 30.5 Å². The highest BCUT2D eigenvalue weighted by Gasteiger charge is 2.32. The second kappa shape index (κ2) is 9.62. The van der Waals surface area contributed by atoms with Crippen molar-refractivity contribution in [2.75, 3.05) is 12.4 Å². The maximum atomic E-state index is 13.1. The summed E-state index contributed by atoms with van der Waals surface area (Å²) >= 11 is 1.57. The minimum Gasteiger partial charge on any atom is -0.493 e. The molecule has 0 spiro atoms. The second-order valence-electron chi connectivity index (χ2n) is 8.19. The van der Waals surface area contributed by atoms with Gasteiger partial charge < -0.3 is 9.47 Å². The van der Waals surface area contributed by atoms with Crippen molar-refractivity contribution >= 4 is 28.8 Å². The van der Waals surface area contributed by atoms with Gasteiger partial charge in [0.05, 0.1) is 18.4 Å². The van der Waals surface area contributed by atoms with Crippen LogP contribution in [0.5, 0.6) is 5.75 Å². The third kappa shape index (κ3) is 5.98. The number of pyridine rings is 1. The van der Waals surface area contributed by atoms with Crippen LogP contribution in [0.1, 0.15) is 44.5 Å². The molecule has 3 rings (SSSR count). The second-order valence-corrected chi connectivity index (χ2v) is 9.18. The molecule has 0 aliphatic heterocycles. The molecule has 2 aromatic heterocycles. The molecule has 0 unspecified atom stereocenters. The van der Waals surface area contributed by atoms with Gasteiger partial charge in [-0.3, -0.25) is 4.79 Å². The van der Waals surface area contributed by atoms with E-state index in [2.05, 4.69) is 9.97 Å². The number of nitrogens with zero attached hydrogens (tertiary/aromatic N) is 2. The lowest BCUT2D eigenvalue weighted by Crippen LogP contribution is -2.38. The van der Waals surface area contributed by atoms with Crippen molar-refractivity contribution < 1.29 is 32.0 Å². The zero-order valence-electron chi connectivity index (χ0n) is 19.2. The molecule has 178 valence electrons. The number of esters is 1. The lowest BCUT2D eigenvalue weighted by atomic mass is 10.2. The van der Waals surface area contributed by atoms with Gasteiger partial charge in [-0.15, -0.1) is 11.8 Å². The van der Waals surface area contributed by atoms with E-state index in [-0.39, 0.29) is 5.97 Å². The van der Waals surface area contributed by atoms with Crippen LogP contribution in [0, 0.1) is 6.92 Å². The number of alkyl halides is 3. The summed E-state index contributed by atoms with van der Waals surface area (Å²) in [7, 11) is 0. The first-order valence-corrected chi connectivity index (χ1v) is 11.6. The van der Waals surface area contributed by atoms with Crippen LogP contribution in [0.25, 0.3) is 17.0 Å². The van der Waals surface area contributed by atoms with E-state index in [1.807, 2.05) is 38.3 Å². The fourth-order valence-corrected chi connectivity index (χ4v) is 4.67. The summed E-state index contributed by atoms with van der Waals surface area (Å²) in [4.78, 5) is 18.8. The molecule has 3 aromatic rings. The molecular formula is C23H27F3N3O3S+. The number of fused-ring (bicyclic) bond motifs is 1. The SMILES string of the molecule is CCOc1cc[n+](-c2nc3ccc(C(F)(F)F)cc3[nH]2)c(CSCC(C)(C)OC(C)=O)c1C. The number of benzene rings is 1. The molecule has 10 heteroatoms. The van der Waals surface area contributed by atoms with Crippen molar-refractivity contribution in [2.45, 2.75) is 52.1 Å². The number of ether oxygens (including phenoxy) is 2. The van der Waals surface area contributed by atoms with Gasteiger partial charge in [0.15, 0.2) is 5.52 Å². The van der Waals surface area contributed by atoms with Gasteiger partial charge in [-0.05, 0) is 45.9 Å². The zero-order valence-corrected chi connectivity index (χ0v) is 20.0. The summed E-state index contributed by atoms with van der Waals surface area (Å²) in [5, 5.41) is 0. The van der Waals surface area contributed by atoms with E-state index >= 15 is 0 Å². The smallest absolute Gasteiger partial charge is 0.416 e. The van der Waals surface area contributed by atoms with Crippen LogP contribution in [-0.4, -0.2) is 33.9 Å². The van der Waals surface area contributed by atoms with E-state index in [0.29, 0.717) is 35.1 Å². The summed E-state index contributed by atoms with van der Waals surface area (Å²) in [5.41, 5.74) is 1.13. The Hall–Kier alpha value is -2.75. The fraction of sp³-hybridized carbons (Fsp3) is 0.435. The zero-order chi connectivity index (χ0) is 24.4. The van der Waals surface area contributed by atoms with Crippen molar-refractivity contribution in [2.24, 2.45) is 0 Å². The standard InChI is InChI=1S/C23H27F3N3O3S/c1-6-31-20-9-10-29(19(14(20)2)12-33-13-22(4,5)32-15(3)30)21-27-17-8-7-16(23(24,25)26)11-18(17)28-21/h7-11H,6,12-13H2,1-5H3,(H,27,28)/q+1. The van der Waals surface area contributed by atoms with Gasteiger partial charge in [0.2, 0.25) is 0 Å². The molecule has 33 heavy (non-hydrogen) atoms. The van der Waals surface area contributed by atoms with Gasteiger partial charge >= 0.3 is 18.1 Å². The summed E-state index contributed by atoms with van der Waals surface area (Å²) in [6.07, 6.45) is -2.65. The Labute approximate surface area is 194 Å². The Bertz CT molecular complexity index is 1160.